The van der Waals surface area contributed by atoms with Crippen LogP contribution in [-0.2, 0) is 11.0 Å². The number of aldehydes is 1. The third-order valence-electron chi connectivity index (χ3n) is 4.43. The van der Waals surface area contributed by atoms with Crippen LogP contribution in [0, 0.1) is 0 Å². The summed E-state index contributed by atoms with van der Waals surface area (Å²) in [4.78, 5) is 25.8. The summed E-state index contributed by atoms with van der Waals surface area (Å²) in [5, 5.41) is 17.2. The number of anilines is 1. The van der Waals surface area contributed by atoms with E-state index >= 15 is 0 Å². The van der Waals surface area contributed by atoms with Crippen LogP contribution in [-0.4, -0.2) is 39.8 Å². The maximum atomic E-state index is 13.5. The van der Waals surface area contributed by atoms with Gasteiger partial charge in [0.2, 0.25) is 0 Å². The van der Waals surface area contributed by atoms with Crippen molar-refractivity contribution in [3.8, 4) is 0 Å². The number of pyridine rings is 2. The lowest BCUT2D eigenvalue weighted by molar-refractivity contribution is -0.136. The van der Waals surface area contributed by atoms with Crippen LogP contribution in [0.3, 0.4) is 0 Å². The summed E-state index contributed by atoms with van der Waals surface area (Å²) >= 11 is 0. The molecule has 3 N–H and O–H groups in total. The summed E-state index contributed by atoms with van der Waals surface area (Å²) in [5.74, 6) is 0.318. The van der Waals surface area contributed by atoms with E-state index in [9.17, 15) is 18.0 Å². The van der Waals surface area contributed by atoms with Gasteiger partial charge in [-0.25, -0.2) is 4.98 Å². The quantitative estimate of drug-likeness (QED) is 0.344. The van der Waals surface area contributed by atoms with Gasteiger partial charge in [0.05, 0.1) is 17.6 Å². The van der Waals surface area contributed by atoms with Crippen LogP contribution in [0.4, 0.5) is 19.0 Å². The molecule has 0 bridgehead atoms. The number of nitrogens with one attached hydrogen (secondary N) is 1. The van der Waals surface area contributed by atoms with Gasteiger partial charge in [0.15, 0.2) is 11.1 Å². The van der Waals surface area contributed by atoms with Gasteiger partial charge in [0.1, 0.15) is 12.1 Å². The lowest BCUT2D eigenvalue weighted by atomic mass is 10.1. The number of carbonyl (C=O) groups excluding carboxylic acids is 1. The Labute approximate surface area is 214 Å². The SMILES string of the molecule is C=C/C=C(\C=C/C)n1c(NC2=CCCC=C2)cc(=O)c2c(C(F)(F)F)ccnc21.CC.CO.O=CCO. The smallest absolute Gasteiger partial charge is 0.400 e. The summed E-state index contributed by atoms with van der Waals surface area (Å²) in [5.41, 5.74) is -0.571. The number of halogens is 3. The van der Waals surface area contributed by atoms with Crippen molar-refractivity contribution in [3.05, 3.63) is 88.9 Å². The highest BCUT2D eigenvalue weighted by Gasteiger charge is 2.34. The minimum absolute atomic E-state index is 0.0820. The third kappa shape index (κ3) is 9.66. The van der Waals surface area contributed by atoms with Crippen LogP contribution in [0.2, 0.25) is 0 Å². The molecule has 2 aromatic heterocycles. The zero-order chi connectivity index (χ0) is 28.4. The molecule has 0 fully saturated rings. The summed E-state index contributed by atoms with van der Waals surface area (Å²) in [7, 11) is 1.00. The number of aliphatic hydroxyl groups excluding tert-OH is 2. The van der Waals surface area contributed by atoms with E-state index in [1.54, 1.807) is 25.2 Å². The molecule has 10 heteroatoms. The highest BCUT2D eigenvalue weighted by molar-refractivity contribution is 5.86. The van der Waals surface area contributed by atoms with E-state index in [4.69, 9.17) is 15.0 Å². The summed E-state index contributed by atoms with van der Waals surface area (Å²) < 4.78 is 42.1. The van der Waals surface area contributed by atoms with E-state index in [1.165, 1.54) is 16.7 Å². The van der Waals surface area contributed by atoms with E-state index in [2.05, 4.69) is 16.9 Å². The first kappa shape index (κ1) is 33.2. The molecule has 0 saturated heterocycles. The summed E-state index contributed by atoms with van der Waals surface area (Å²) in [6.45, 7) is 9.11. The molecule has 7 nitrogen and oxygen atoms in total. The Morgan fingerprint density at radius 3 is 2.41 bits per heavy atom. The van der Waals surface area contributed by atoms with Crippen molar-refractivity contribution in [3.63, 3.8) is 0 Å². The molecular weight excluding hydrogens is 487 g/mol. The highest BCUT2D eigenvalue weighted by Crippen LogP contribution is 2.34. The van der Waals surface area contributed by atoms with Crippen molar-refractivity contribution in [2.75, 3.05) is 19.0 Å². The van der Waals surface area contributed by atoms with Crippen LogP contribution >= 0.6 is 0 Å². The van der Waals surface area contributed by atoms with Crippen molar-refractivity contribution in [2.24, 2.45) is 0 Å². The lowest BCUT2D eigenvalue weighted by Gasteiger charge is -2.20. The minimum Gasteiger partial charge on any atom is -0.400 e. The number of fused-ring (bicyclic) bond motifs is 1. The fraction of sp³-hybridized carbons (Fsp3) is 0.296. The normalized spacial score (nSPS) is 12.8. The second-order valence-corrected chi connectivity index (χ2v) is 6.72. The molecule has 202 valence electrons. The van der Waals surface area contributed by atoms with Gasteiger partial charge in [-0.2, -0.15) is 13.2 Å². The number of nitrogens with zero attached hydrogens (tertiary/aromatic N) is 2. The topological polar surface area (TPSA) is 104 Å². The Kier molecular flexibility index (Phi) is 15.8. The molecule has 37 heavy (non-hydrogen) atoms. The van der Waals surface area contributed by atoms with Gasteiger partial charge in [-0.15, -0.1) is 0 Å². The molecule has 0 saturated carbocycles. The third-order valence-corrected chi connectivity index (χ3v) is 4.43. The van der Waals surface area contributed by atoms with E-state index in [1.807, 2.05) is 32.1 Å². The molecule has 2 aromatic rings. The number of hydrogen-bond donors (Lipinski definition) is 3. The average molecular weight is 522 g/mol. The highest BCUT2D eigenvalue weighted by atomic mass is 19.4. The van der Waals surface area contributed by atoms with Gasteiger partial charge >= 0.3 is 6.18 Å². The first-order valence-electron chi connectivity index (χ1n) is 11.5. The van der Waals surface area contributed by atoms with Gasteiger partial charge in [-0.05, 0) is 44.1 Å². The maximum Gasteiger partial charge on any atom is 0.417 e. The van der Waals surface area contributed by atoms with Crippen molar-refractivity contribution in [1.82, 2.24) is 9.55 Å². The predicted molar refractivity (Wildman–Crippen MR) is 143 cm³/mol. The molecule has 3 rings (SSSR count). The average Bonchev–Trinajstić information content (AvgIpc) is 2.91. The van der Waals surface area contributed by atoms with Crippen LogP contribution in [0.1, 0.15) is 39.2 Å². The van der Waals surface area contributed by atoms with E-state index < -0.39 is 22.6 Å². The second kappa shape index (κ2) is 17.6. The van der Waals surface area contributed by atoms with E-state index in [0.29, 0.717) is 17.8 Å². The largest absolute Gasteiger partial charge is 0.417 e. The Hall–Kier alpha value is -3.76. The van der Waals surface area contributed by atoms with Crippen LogP contribution in [0.25, 0.3) is 16.7 Å². The summed E-state index contributed by atoms with van der Waals surface area (Å²) in [6.07, 6.45) is 11.0. The van der Waals surface area contributed by atoms with Gasteiger partial charge in [-0.1, -0.05) is 44.7 Å². The zero-order valence-corrected chi connectivity index (χ0v) is 21.4. The second-order valence-electron chi connectivity index (χ2n) is 6.72. The number of carbonyl (C=O) groups is 1. The number of alkyl halides is 3. The molecule has 1 aliphatic carbocycles. The van der Waals surface area contributed by atoms with E-state index in [-0.39, 0.29) is 12.3 Å². The fourth-order valence-corrected chi connectivity index (χ4v) is 3.18. The number of hydrogen-bond acceptors (Lipinski definition) is 6. The predicted octanol–water partition coefficient (Wildman–Crippen LogP) is 5.48. The lowest BCUT2D eigenvalue weighted by Crippen LogP contribution is -2.19. The number of rotatable bonds is 6. The molecule has 0 unspecified atom stereocenters. The van der Waals surface area contributed by atoms with Crippen molar-refractivity contribution in [1.29, 1.82) is 0 Å². The molecule has 0 atom stereocenters. The van der Waals surface area contributed by atoms with Gasteiger partial charge in [-0.3, -0.25) is 9.36 Å². The van der Waals surface area contributed by atoms with Crippen LogP contribution < -0.4 is 10.7 Å². The van der Waals surface area contributed by atoms with Crippen LogP contribution in [0.5, 0.6) is 0 Å². The van der Waals surface area contributed by atoms with Crippen LogP contribution in [0.15, 0.2) is 77.9 Å². The first-order chi connectivity index (χ1) is 17.8. The van der Waals surface area contributed by atoms with Crippen molar-refractivity contribution >= 4 is 28.8 Å². The maximum absolute atomic E-state index is 13.5. The number of aromatic nitrogens is 2. The molecule has 2 heterocycles. The van der Waals surface area contributed by atoms with Crippen molar-refractivity contribution in [2.45, 2.75) is 39.8 Å². The molecular formula is C27H34F3N3O4. The molecule has 0 amide bonds. The standard InChI is InChI=1S/C22H20F3N3O.C2H4O2.C2H6.CH4O/c1-3-8-16(9-4-2)28-19(27-15-10-6-5-7-11-15)14-18(29)20-17(22(23,24)25)12-13-26-21(20)28;3-1-2-4;2*1-2/h3-4,6,8-14,27H,1,5,7H2,2H3;1,4H,2H2;1-2H3;2H,1H3/b9-4-,16-8+;;;. The Balaban J connectivity index is 0.00000145. The molecule has 0 aliphatic heterocycles. The van der Waals surface area contributed by atoms with Crippen molar-refractivity contribution < 1.29 is 28.2 Å². The Bertz CT molecular complexity index is 1190. The zero-order valence-electron chi connectivity index (χ0n) is 21.4. The van der Waals surface area contributed by atoms with Gasteiger partial charge in [0, 0.05) is 30.8 Å². The number of aliphatic hydroxyl groups is 2. The van der Waals surface area contributed by atoms with Gasteiger partial charge in [0.25, 0.3) is 0 Å². The van der Waals surface area contributed by atoms with Gasteiger partial charge < -0.3 is 20.3 Å². The van der Waals surface area contributed by atoms with E-state index in [0.717, 1.165) is 37.9 Å². The molecule has 1 aliphatic rings. The monoisotopic (exact) mass is 521 g/mol. The summed E-state index contributed by atoms with van der Waals surface area (Å²) in [6, 6.07) is 1.99. The minimum atomic E-state index is -4.68. The molecule has 0 spiro atoms. The molecule has 0 aromatic carbocycles. The Morgan fingerprint density at radius 1 is 1.27 bits per heavy atom. The fourth-order valence-electron chi connectivity index (χ4n) is 3.18. The number of allylic oxidation sites excluding steroid dienone is 8. The Morgan fingerprint density at radius 2 is 1.92 bits per heavy atom. The molecule has 0 radical (unpaired) electrons. The first-order valence-corrected chi connectivity index (χ1v) is 11.5.